The fourth-order valence-electron chi connectivity index (χ4n) is 5.30. The molecule has 306 valence electrons. The van der Waals surface area contributed by atoms with Crippen LogP contribution in [0.2, 0.25) is 0 Å². The number of carbonyl (C=O) groups excluding carboxylic acids is 5. The van der Waals surface area contributed by atoms with Gasteiger partial charge in [0.25, 0.3) is 0 Å². The van der Waals surface area contributed by atoms with Crippen molar-refractivity contribution in [2.75, 3.05) is 26.4 Å². The Hall–Kier alpha value is -6.43. The lowest BCUT2D eigenvalue weighted by atomic mass is 10.2. The Kier molecular flexibility index (Phi) is 19.1. The lowest BCUT2D eigenvalue weighted by Crippen LogP contribution is -2.10. The smallest absolute Gasteiger partial charge is 0.343 e. The molecule has 0 unspecified atom stereocenters. The first-order chi connectivity index (χ1) is 28.2. The topological polar surface area (TPSA) is 150 Å². The van der Waals surface area contributed by atoms with Crippen molar-refractivity contribution in [1.29, 1.82) is 0 Å². The molecule has 4 rings (SSSR count). The molecule has 0 saturated heterocycles. The average molecular weight is 795 g/mol. The van der Waals surface area contributed by atoms with E-state index in [2.05, 4.69) is 6.58 Å². The maximum Gasteiger partial charge on any atom is 0.343 e. The average Bonchev–Trinajstić information content (AvgIpc) is 3.24. The quantitative estimate of drug-likeness (QED) is 0.0272. The van der Waals surface area contributed by atoms with Crippen molar-refractivity contribution in [1.82, 2.24) is 0 Å². The minimum atomic E-state index is -0.625. The summed E-state index contributed by atoms with van der Waals surface area (Å²) in [6.07, 6.45) is 9.45. The molecule has 0 radical (unpaired) electrons. The Labute approximate surface area is 339 Å². The maximum atomic E-state index is 12.8. The first-order valence-corrected chi connectivity index (χ1v) is 19.5. The Balaban J connectivity index is 1.11. The molecule has 58 heavy (non-hydrogen) atoms. The monoisotopic (exact) mass is 794 g/mol. The lowest BCUT2D eigenvalue weighted by molar-refractivity contribution is -0.143. The second-order valence-electron chi connectivity index (χ2n) is 13.1. The second kappa shape index (κ2) is 25.0. The number of carbonyl (C=O) groups is 5. The van der Waals surface area contributed by atoms with Crippen LogP contribution in [0.5, 0.6) is 28.7 Å². The third-order valence-corrected chi connectivity index (χ3v) is 8.47. The molecule has 12 heteroatoms. The van der Waals surface area contributed by atoms with Crippen LogP contribution in [0.15, 0.2) is 110 Å². The lowest BCUT2D eigenvalue weighted by Gasteiger charge is -2.09. The predicted molar refractivity (Wildman–Crippen MR) is 216 cm³/mol. The summed E-state index contributed by atoms with van der Waals surface area (Å²) < 4.78 is 38.0. The highest BCUT2D eigenvalue weighted by Crippen LogP contribution is 2.22. The van der Waals surface area contributed by atoms with Crippen LogP contribution in [0.1, 0.15) is 102 Å². The van der Waals surface area contributed by atoms with Gasteiger partial charge in [0.15, 0.2) is 0 Å². The minimum Gasteiger partial charge on any atom is -0.494 e. The van der Waals surface area contributed by atoms with Gasteiger partial charge in [-0.3, -0.25) is 4.79 Å². The number of esters is 5. The Morgan fingerprint density at radius 2 is 0.776 bits per heavy atom. The minimum absolute atomic E-state index is 0.144. The third-order valence-electron chi connectivity index (χ3n) is 8.47. The zero-order chi connectivity index (χ0) is 41.4. The molecule has 0 aromatic heterocycles. The van der Waals surface area contributed by atoms with Gasteiger partial charge < -0.3 is 33.2 Å². The van der Waals surface area contributed by atoms with Gasteiger partial charge in [0.05, 0.1) is 43.1 Å². The number of benzene rings is 4. The van der Waals surface area contributed by atoms with Gasteiger partial charge >= 0.3 is 29.8 Å². The van der Waals surface area contributed by atoms with E-state index in [1.54, 1.807) is 48.5 Å². The van der Waals surface area contributed by atoms with Crippen LogP contribution in [0.25, 0.3) is 0 Å². The molecule has 0 fully saturated rings. The molecular formula is C46H50O12. The summed E-state index contributed by atoms with van der Waals surface area (Å²) in [5.41, 5.74) is 0.921. The van der Waals surface area contributed by atoms with Gasteiger partial charge in [0, 0.05) is 12.5 Å². The van der Waals surface area contributed by atoms with Gasteiger partial charge in [-0.1, -0.05) is 13.5 Å². The van der Waals surface area contributed by atoms with E-state index in [1.165, 1.54) is 48.5 Å². The standard InChI is InChI=1S/C46H50O12/c1-3-13-43(48)55-33-12-8-6-10-31-53-37-20-14-34(15-21-37)44(49)56-39-24-18-36(19-25-39)46(51)58-41-28-26-40(27-29-41)57-45(50)35-16-22-38(23-17-35)52-30-9-5-7-11-32-54-42(47)4-2/h4,14-29H,2-3,5-13,30-33H2,1H3. The van der Waals surface area contributed by atoms with E-state index in [1.807, 2.05) is 6.92 Å². The van der Waals surface area contributed by atoms with E-state index in [0.717, 1.165) is 63.9 Å². The molecule has 0 spiro atoms. The van der Waals surface area contributed by atoms with Gasteiger partial charge in [0.1, 0.15) is 28.7 Å². The van der Waals surface area contributed by atoms with Crippen LogP contribution >= 0.6 is 0 Å². The van der Waals surface area contributed by atoms with Gasteiger partial charge in [-0.2, -0.15) is 0 Å². The SMILES string of the molecule is C=CC(=O)OCCCCCCOc1ccc(C(=O)Oc2ccc(OC(=O)c3ccc(OC(=O)c4ccc(OCCCCCCOC(=O)CCC)cc4)cc3)cc2)cc1. The fraction of sp³-hybridized carbons (Fsp3) is 0.326. The van der Waals surface area contributed by atoms with Gasteiger partial charge in [-0.25, -0.2) is 19.2 Å². The van der Waals surface area contributed by atoms with Crippen molar-refractivity contribution in [2.24, 2.45) is 0 Å². The number of ether oxygens (including phenoxy) is 7. The summed E-state index contributed by atoms with van der Waals surface area (Å²) >= 11 is 0. The Morgan fingerprint density at radius 1 is 0.448 bits per heavy atom. The molecule has 0 amide bonds. The van der Waals surface area contributed by atoms with Crippen LogP contribution in [0, 0.1) is 0 Å². The molecule has 0 saturated carbocycles. The summed E-state index contributed by atoms with van der Waals surface area (Å²) in [5.74, 6) is -0.266. The molecule has 12 nitrogen and oxygen atoms in total. The highest BCUT2D eigenvalue weighted by Gasteiger charge is 2.14. The van der Waals surface area contributed by atoms with Gasteiger partial charge in [-0.05, 0) is 155 Å². The molecule has 4 aromatic rings. The molecule has 0 bridgehead atoms. The summed E-state index contributed by atoms with van der Waals surface area (Å²) in [4.78, 5) is 60.6. The molecule has 0 aliphatic carbocycles. The molecule has 0 atom stereocenters. The van der Waals surface area contributed by atoms with E-state index in [9.17, 15) is 24.0 Å². The zero-order valence-electron chi connectivity index (χ0n) is 32.8. The number of rotatable bonds is 25. The van der Waals surface area contributed by atoms with E-state index < -0.39 is 23.9 Å². The molecule has 4 aromatic carbocycles. The highest BCUT2D eigenvalue weighted by molar-refractivity contribution is 5.93. The van der Waals surface area contributed by atoms with Crippen LogP contribution in [0.4, 0.5) is 0 Å². The predicted octanol–water partition coefficient (Wildman–Crippen LogP) is 9.30. The van der Waals surface area contributed by atoms with Crippen molar-refractivity contribution >= 4 is 29.8 Å². The van der Waals surface area contributed by atoms with Gasteiger partial charge in [0.2, 0.25) is 0 Å². The summed E-state index contributed by atoms with van der Waals surface area (Å²) in [5, 5.41) is 0. The van der Waals surface area contributed by atoms with E-state index in [0.29, 0.717) is 55.5 Å². The van der Waals surface area contributed by atoms with E-state index >= 15 is 0 Å². The third kappa shape index (κ3) is 16.4. The number of hydrogen-bond acceptors (Lipinski definition) is 12. The van der Waals surface area contributed by atoms with Crippen LogP contribution in [0.3, 0.4) is 0 Å². The molecular weight excluding hydrogens is 744 g/mol. The van der Waals surface area contributed by atoms with Crippen LogP contribution in [-0.4, -0.2) is 56.3 Å². The normalized spacial score (nSPS) is 10.5. The maximum absolute atomic E-state index is 12.8. The van der Waals surface area contributed by atoms with Crippen molar-refractivity contribution in [3.63, 3.8) is 0 Å². The van der Waals surface area contributed by atoms with Crippen molar-refractivity contribution < 1.29 is 57.1 Å². The second-order valence-corrected chi connectivity index (χ2v) is 13.1. The first-order valence-electron chi connectivity index (χ1n) is 19.5. The van der Waals surface area contributed by atoms with Crippen molar-refractivity contribution in [3.8, 4) is 28.7 Å². The van der Waals surface area contributed by atoms with Crippen LogP contribution in [-0.2, 0) is 19.1 Å². The molecule has 0 N–H and O–H groups in total. The molecule has 0 aliphatic rings. The first kappa shape index (κ1) is 44.3. The van der Waals surface area contributed by atoms with Gasteiger partial charge in [-0.15, -0.1) is 0 Å². The number of hydrogen-bond donors (Lipinski definition) is 0. The summed E-state index contributed by atoms with van der Waals surface area (Å²) in [6.45, 7) is 7.19. The number of unbranched alkanes of at least 4 members (excludes halogenated alkanes) is 6. The molecule has 0 aliphatic heterocycles. The highest BCUT2D eigenvalue weighted by atomic mass is 16.6. The largest absolute Gasteiger partial charge is 0.494 e. The van der Waals surface area contributed by atoms with E-state index in [4.69, 9.17) is 33.2 Å². The van der Waals surface area contributed by atoms with E-state index in [-0.39, 0.29) is 28.8 Å². The molecule has 0 heterocycles. The summed E-state index contributed by atoms with van der Waals surface area (Å²) in [6, 6.07) is 25.3. The van der Waals surface area contributed by atoms with Crippen molar-refractivity contribution in [3.05, 3.63) is 126 Å². The fourth-order valence-corrected chi connectivity index (χ4v) is 5.30. The van der Waals surface area contributed by atoms with Crippen molar-refractivity contribution in [2.45, 2.75) is 71.1 Å². The van der Waals surface area contributed by atoms with Crippen LogP contribution < -0.4 is 23.7 Å². The Morgan fingerprint density at radius 3 is 1.14 bits per heavy atom. The summed E-state index contributed by atoms with van der Waals surface area (Å²) in [7, 11) is 0. The Bertz CT molecular complexity index is 1900. The zero-order valence-corrected chi connectivity index (χ0v) is 32.8.